The molecule has 0 saturated carbocycles. The Bertz CT molecular complexity index is 406. The predicted octanol–water partition coefficient (Wildman–Crippen LogP) is 1.75. The maximum absolute atomic E-state index is 11.0. The molecule has 0 unspecified atom stereocenters. The summed E-state index contributed by atoms with van der Waals surface area (Å²) in [7, 11) is 3.01. The van der Waals surface area contributed by atoms with Crippen molar-refractivity contribution in [2.75, 3.05) is 27.4 Å². The van der Waals surface area contributed by atoms with Crippen molar-refractivity contribution < 1.29 is 19.0 Å². The number of hydrogen-bond donors (Lipinski definition) is 1. The van der Waals surface area contributed by atoms with Gasteiger partial charge in [-0.2, -0.15) is 0 Å². The molecule has 1 rings (SSSR count). The number of esters is 1. The number of nitrogens with one attached hydrogen (secondary N) is 1. The molecule has 0 amide bonds. The molecule has 0 aliphatic rings. The fourth-order valence-corrected chi connectivity index (χ4v) is 1.72. The van der Waals surface area contributed by atoms with Crippen molar-refractivity contribution in [3.63, 3.8) is 0 Å². The summed E-state index contributed by atoms with van der Waals surface area (Å²) in [6, 6.07) is 5.76. The number of methoxy groups -OCH3 is 2. The van der Waals surface area contributed by atoms with Gasteiger partial charge in [0.05, 0.1) is 27.2 Å². The second-order valence-electron chi connectivity index (χ2n) is 3.88. The third-order valence-corrected chi connectivity index (χ3v) is 2.61. The van der Waals surface area contributed by atoms with Crippen LogP contribution in [0.2, 0.25) is 0 Å². The molecule has 1 aromatic carbocycles. The Morgan fingerprint density at radius 3 is 2.74 bits per heavy atom. The van der Waals surface area contributed by atoms with Crippen LogP contribution >= 0.6 is 0 Å². The van der Waals surface area contributed by atoms with Gasteiger partial charge in [-0.15, -0.1) is 0 Å². The lowest BCUT2D eigenvalue weighted by Crippen LogP contribution is -2.18. The molecule has 0 heterocycles. The molecule has 5 nitrogen and oxygen atoms in total. The molecule has 1 aromatic rings. The normalized spacial score (nSPS) is 10.1. The van der Waals surface area contributed by atoms with Crippen LogP contribution in [0.15, 0.2) is 18.2 Å². The number of benzene rings is 1. The maximum Gasteiger partial charge on any atom is 0.306 e. The maximum atomic E-state index is 11.0. The summed E-state index contributed by atoms with van der Waals surface area (Å²) in [5, 5.41) is 3.17. The summed E-state index contributed by atoms with van der Waals surface area (Å²) < 4.78 is 15.5. The molecule has 0 radical (unpaired) electrons. The van der Waals surface area contributed by atoms with Crippen LogP contribution in [0.4, 0.5) is 0 Å². The Morgan fingerprint density at radius 2 is 2.11 bits per heavy atom. The third-order valence-electron chi connectivity index (χ3n) is 2.61. The second-order valence-corrected chi connectivity index (χ2v) is 3.88. The van der Waals surface area contributed by atoms with Gasteiger partial charge in [0.1, 0.15) is 0 Å². The van der Waals surface area contributed by atoms with Gasteiger partial charge in [0.2, 0.25) is 0 Å². The third kappa shape index (κ3) is 4.79. The molecule has 0 aliphatic carbocycles. The highest BCUT2D eigenvalue weighted by molar-refractivity contribution is 5.69. The van der Waals surface area contributed by atoms with Gasteiger partial charge in [0, 0.05) is 18.7 Å². The highest BCUT2D eigenvalue weighted by Gasteiger charge is 2.09. The first kappa shape index (κ1) is 15.3. The van der Waals surface area contributed by atoms with E-state index in [1.165, 1.54) is 7.11 Å². The van der Waals surface area contributed by atoms with Gasteiger partial charge in [-0.1, -0.05) is 12.1 Å². The minimum Gasteiger partial charge on any atom is -0.493 e. The van der Waals surface area contributed by atoms with Crippen LogP contribution < -0.4 is 14.8 Å². The topological polar surface area (TPSA) is 56.8 Å². The van der Waals surface area contributed by atoms with Gasteiger partial charge in [-0.25, -0.2) is 0 Å². The first-order valence-electron chi connectivity index (χ1n) is 6.29. The highest BCUT2D eigenvalue weighted by Crippen LogP contribution is 2.30. The van der Waals surface area contributed by atoms with Crippen molar-refractivity contribution in [2.24, 2.45) is 0 Å². The van der Waals surface area contributed by atoms with Crippen LogP contribution in [0.25, 0.3) is 0 Å². The predicted molar refractivity (Wildman–Crippen MR) is 72.5 cm³/mol. The lowest BCUT2D eigenvalue weighted by molar-refractivity contribution is -0.140. The van der Waals surface area contributed by atoms with E-state index in [-0.39, 0.29) is 5.97 Å². The summed E-state index contributed by atoms with van der Waals surface area (Å²) in [6.45, 7) is 3.70. The van der Waals surface area contributed by atoms with Gasteiger partial charge in [-0.3, -0.25) is 4.79 Å². The summed E-state index contributed by atoms with van der Waals surface area (Å²) in [5.74, 6) is 1.25. The minimum absolute atomic E-state index is 0.220. The number of para-hydroxylation sites is 1. The SMILES string of the molecule is CCOc1cccc(CNCCC(=O)OC)c1OC. The summed E-state index contributed by atoms with van der Waals surface area (Å²) in [4.78, 5) is 11.0. The van der Waals surface area contributed by atoms with E-state index in [0.29, 0.717) is 26.1 Å². The van der Waals surface area contributed by atoms with Crippen molar-refractivity contribution >= 4 is 5.97 Å². The lowest BCUT2D eigenvalue weighted by atomic mass is 10.2. The van der Waals surface area contributed by atoms with E-state index in [1.54, 1.807) is 7.11 Å². The van der Waals surface area contributed by atoms with E-state index in [4.69, 9.17) is 9.47 Å². The van der Waals surface area contributed by atoms with E-state index in [2.05, 4.69) is 10.1 Å². The fourth-order valence-electron chi connectivity index (χ4n) is 1.72. The van der Waals surface area contributed by atoms with Crippen LogP contribution in [-0.2, 0) is 16.1 Å². The quantitative estimate of drug-likeness (QED) is 0.574. The molecular formula is C14H21NO4. The van der Waals surface area contributed by atoms with E-state index in [1.807, 2.05) is 25.1 Å². The molecule has 0 bridgehead atoms. The Kier molecular flexibility index (Phi) is 6.74. The van der Waals surface area contributed by atoms with Gasteiger partial charge >= 0.3 is 5.97 Å². The first-order chi connectivity index (χ1) is 9.22. The van der Waals surface area contributed by atoms with Crippen molar-refractivity contribution in [2.45, 2.75) is 19.9 Å². The molecule has 0 aliphatic heterocycles. The zero-order valence-electron chi connectivity index (χ0n) is 11.7. The van der Waals surface area contributed by atoms with Crippen LogP contribution in [-0.4, -0.2) is 33.3 Å². The summed E-state index contributed by atoms with van der Waals surface area (Å²) in [5.41, 5.74) is 0.998. The molecule has 0 spiro atoms. The number of hydrogen-bond acceptors (Lipinski definition) is 5. The first-order valence-corrected chi connectivity index (χ1v) is 6.29. The van der Waals surface area contributed by atoms with Crippen molar-refractivity contribution in [1.29, 1.82) is 0 Å². The molecule has 1 N–H and O–H groups in total. The molecule has 106 valence electrons. The Hall–Kier alpha value is -1.75. The van der Waals surface area contributed by atoms with Crippen molar-refractivity contribution in [3.05, 3.63) is 23.8 Å². The number of rotatable bonds is 8. The molecule has 5 heteroatoms. The number of carbonyl (C=O) groups is 1. The van der Waals surface area contributed by atoms with E-state index >= 15 is 0 Å². The fraction of sp³-hybridized carbons (Fsp3) is 0.500. The average molecular weight is 267 g/mol. The van der Waals surface area contributed by atoms with Crippen LogP contribution in [0.1, 0.15) is 18.9 Å². The Morgan fingerprint density at radius 1 is 1.32 bits per heavy atom. The molecule has 0 aromatic heterocycles. The minimum atomic E-state index is -0.220. The van der Waals surface area contributed by atoms with Gasteiger partial charge < -0.3 is 19.5 Å². The zero-order chi connectivity index (χ0) is 14.1. The largest absolute Gasteiger partial charge is 0.493 e. The molecule has 0 atom stereocenters. The van der Waals surface area contributed by atoms with Gasteiger partial charge in [0.15, 0.2) is 11.5 Å². The van der Waals surface area contributed by atoms with E-state index in [0.717, 1.165) is 17.1 Å². The molecule has 0 saturated heterocycles. The monoisotopic (exact) mass is 267 g/mol. The lowest BCUT2D eigenvalue weighted by Gasteiger charge is -2.14. The zero-order valence-corrected chi connectivity index (χ0v) is 11.7. The van der Waals surface area contributed by atoms with E-state index in [9.17, 15) is 4.79 Å². The van der Waals surface area contributed by atoms with Crippen LogP contribution in [0.3, 0.4) is 0 Å². The average Bonchev–Trinajstić information content (AvgIpc) is 2.43. The standard InChI is InChI=1S/C14H21NO4/c1-4-19-12-7-5-6-11(14(12)18-3)10-15-9-8-13(16)17-2/h5-7,15H,4,8-10H2,1-3H3. The smallest absolute Gasteiger partial charge is 0.306 e. The van der Waals surface area contributed by atoms with E-state index < -0.39 is 0 Å². The van der Waals surface area contributed by atoms with Crippen LogP contribution in [0.5, 0.6) is 11.5 Å². The van der Waals surface area contributed by atoms with Gasteiger partial charge in [-0.05, 0) is 13.0 Å². The number of ether oxygens (including phenoxy) is 3. The Labute approximate surface area is 113 Å². The molecule has 0 fully saturated rings. The summed E-state index contributed by atoms with van der Waals surface area (Å²) >= 11 is 0. The molecule has 19 heavy (non-hydrogen) atoms. The second kappa shape index (κ2) is 8.37. The van der Waals surface area contributed by atoms with Crippen molar-refractivity contribution in [3.8, 4) is 11.5 Å². The van der Waals surface area contributed by atoms with Gasteiger partial charge in [0.25, 0.3) is 0 Å². The van der Waals surface area contributed by atoms with Crippen LogP contribution in [0, 0.1) is 0 Å². The highest BCUT2D eigenvalue weighted by atomic mass is 16.5. The van der Waals surface area contributed by atoms with Crippen molar-refractivity contribution in [1.82, 2.24) is 5.32 Å². The molecular weight excluding hydrogens is 246 g/mol. The number of carbonyl (C=O) groups excluding carboxylic acids is 1. The Balaban J connectivity index is 2.57. The summed E-state index contributed by atoms with van der Waals surface area (Å²) in [6.07, 6.45) is 0.351.